The fourth-order valence-corrected chi connectivity index (χ4v) is 6.88. The van der Waals surface area contributed by atoms with Gasteiger partial charge in [0.1, 0.15) is 0 Å². The molecule has 0 aliphatic carbocycles. The topological polar surface area (TPSA) is 88.4 Å². The highest BCUT2D eigenvalue weighted by atomic mass is 35.5. The Bertz CT molecular complexity index is 1850. The first-order valence-electron chi connectivity index (χ1n) is 13.4. The summed E-state index contributed by atoms with van der Waals surface area (Å²) >= 11 is 8.08. The molecule has 0 bridgehead atoms. The third kappa shape index (κ3) is 6.03. The summed E-state index contributed by atoms with van der Waals surface area (Å²) in [5.74, 6) is -0.122. The van der Waals surface area contributed by atoms with E-state index in [1.807, 2.05) is 59.5 Å². The van der Waals surface area contributed by atoms with E-state index in [2.05, 4.69) is 9.88 Å². The maximum Gasteiger partial charge on any atom is 0.274 e. The molecule has 0 atom stereocenters. The van der Waals surface area contributed by atoms with Crippen LogP contribution in [0.1, 0.15) is 16.1 Å². The van der Waals surface area contributed by atoms with E-state index in [4.69, 9.17) is 16.7 Å². The lowest BCUT2D eigenvalue weighted by atomic mass is 10.2. The summed E-state index contributed by atoms with van der Waals surface area (Å²) in [6.45, 7) is 3.58. The van der Waals surface area contributed by atoms with Gasteiger partial charge in [0.2, 0.25) is 0 Å². The number of piperazine rings is 1. The zero-order valence-corrected chi connectivity index (χ0v) is 25.2. The third-order valence-electron chi connectivity index (χ3n) is 7.23. The van der Waals surface area contributed by atoms with Crippen molar-refractivity contribution in [2.45, 2.75) is 11.4 Å². The Morgan fingerprint density at radius 2 is 1.64 bits per heavy atom. The first-order chi connectivity index (χ1) is 20.3. The number of carbonyl (C=O) groups is 1. The van der Waals surface area contributed by atoms with Crippen molar-refractivity contribution in [2.75, 3.05) is 32.4 Å². The molecule has 1 aliphatic rings. The number of hydrogen-bond donors (Lipinski definition) is 0. The largest absolute Gasteiger partial charge is 0.335 e. The van der Waals surface area contributed by atoms with Crippen LogP contribution < -0.4 is 0 Å². The molecule has 42 heavy (non-hydrogen) atoms. The highest BCUT2D eigenvalue weighted by molar-refractivity contribution is 7.90. The lowest BCUT2D eigenvalue weighted by molar-refractivity contribution is 0.0622. The van der Waals surface area contributed by atoms with Crippen LogP contribution >= 0.6 is 22.9 Å². The Labute approximate surface area is 253 Å². The van der Waals surface area contributed by atoms with E-state index in [1.165, 1.54) is 23.2 Å². The predicted octanol–water partition coefficient (Wildman–Crippen LogP) is 5.68. The van der Waals surface area contributed by atoms with Crippen LogP contribution in [0.3, 0.4) is 0 Å². The van der Waals surface area contributed by atoms with Crippen molar-refractivity contribution < 1.29 is 13.2 Å². The molecule has 5 aromatic rings. The van der Waals surface area contributed by atoms with Crippen LogP contribution in [0.5, 0.6) is 0 Å². The third-order valence-corrected chi connectivity index (χ3v) is 9.82. The van der Waals surface area contributed by atoms with E-state index >= 15 is 0 Å². The molecule has 1 aliphatic heterocycles. The predicted molar refractivity (Wildman–Crippen MR) is 166 cm³/mol. The molecule has 6 rings (SSSR count). The number of hydrogen-bond acceptors (Lipinski definition) is 7. The Morgan fingerprint density at radius 3 is 2.38 bits per heavy atom. The van der Waals surface area contributed by atoms with Crippen molar-refractivity contribution in [3.8, 4) is 26.7 Å². The first kappa shape index (κ1) is 28.3. The molecule has 11 heteroatoms. The lowest BCUT2D eigenvalue weighted by Gasteiger charge is -2.34. The molecule has 8 nitrogen and oxygen atoms in total. The van der Waals surface area contributed by atoms with Crippen LogP contribution in [0, 0.1) is 0 Å². The molecule has 0 spiro atoms. The minimum Gasteiger partial charge on any atom is -0.335 e. The van der Waals surface area contributed by atoms with Gasteiger partial charge in [-0.25, -0.2) is 13.1 Å². The molecule has 0 radical (unpaired) electrons. The van der Waals surface area contributed by atoms with Crippen LogP contribution in [0.15, 0.2) is 96.2 Å². The Morgan fingerprint density at radius 1 is 0.905 bits per heavy atom. The summed E-state index contributed by atoms with van der Waals surface area (Å²) in [4.78, 5) is 24.0. The van der Waals surface area contributed by atoms with Crippen LogP contribution in [0.4, 0.5) is 0 Å². The van der Waals surface area contributed by atoms with Gasteiger partial charge >= 0.3 is 0 Å². The summed E-state index contributed by atoms with van der Waals surface area (Å²) in [6, 6.07) is 24.1. The number of nitrogens with zero attached hydrogens (tertiary/aromatic N) is 5. The Hall–Kier alpha value is -3.83. The summed E-state index contributed by atoms with van der Waals surface area (Å²) < 4.78 is 25.9. The van der Waals surface area contributed by atoms with E-state index < -0.39 is 9.84 Å². The standard InChI is InChI=1S/C31H28ClN5O3S2/c1-42(39,40)24-6-4-5-23(19-24)29-9-10-30(41-29)28-20-26(34-37(28)27-8-3-2-7-25(27)32)31(38)36-17-15-35(16-18-36)21-22-11-13-33-14-12-22/h2-14,19-20H,15-18,21H2,1H3. The highest BCUT2D eigenvalue weighted by Gasteiger charge is 2.26. The fraction of sp³-hybridized carbons (Fsp3) is 0.194. The zero-order chi connectivity index (χ0) is 29.3. The normalized spacial score (nSPS) is 14.3. The van der Waals surface area contributed by atoms with Gasteiger partial charge in [-0.1, -0.05) is 35.9 Å². The van der Waals surface area contributed by atoms with Gasteiger partial charge in [-0.05, 0) is 65.7 Å². The van der Waals surface area contributed by atoms with Gasteiger partial charge in [0.15, 0.2) is 15.5 Å². The minimum absolute atomic E-state index is 0.122. The SMILES string of the molecule is CS(=O)(=O)c1cccc(-c2ccc(-c3cc(C(=O)N4CCN(Cc5ccncc5)CC4)nn3-c3ccccc3Cl)s2)c1. The van der Waals surface area contributed by atoms with E-state index in [9.17, 15) is 13.2 Å². The second-order valence-electron chi connectivity index (χ2n) is 10.2. The number of carbonyl (C=O) groups excluding carboxylic acids is 1. The highest BCUT2D eigenvalue weighted by Crippen LogP contribution is 2.37. The number of thiophene rings is 1. The van der Waals surface area contributed by atoms with Gasteiger partial charge < -0.3 is 4.90 Å². The summed E-state index contributed by atoms with van der Waals surface area (Å²) in [7, 11) is -3.33. The van der Waals surface area contributed by atoms with Crippen LogP contribution in [-0.4, -0.2) is 71.3 Å². The van der Waals surface area contributed by atoms with Crippen molar-refractivity contribution in [2.24, 2.45) is 0 Å². The fourth-order valence-electron chi connectivity index (χ4n) is 5.00. The molecule has 3 aromatic heterocycles. The summed E-state index contributed by atoms with van der Waals surface area (Å²) in [5.41, 5.74) is 3.76. The van der Waals surface area contributed by atoms with Crippen molar-refractivity contribution in [3.05, 3.63) is 108 Å². The second-order valence-corrected chi connectivity index (χ2v) is 13.7. The molecule has 1 saturated heterocycles. The average Bonchev–Trinajstić information content (AvgIpc) is 3.66. The number of benzene rings is 2. The quantitative estimate of drug-likeness (QED) is 0.234. The number of amides is 1. The molecular weight excluding hydrogens is 590 g/mol. The minimum atomic E-state index is -3.33. The molecule has 4 heterocycles. The van der Waals surface area contributed by atoms with E-state index in [0.29, 0.717) is 29.5 Å². The number of rotatable bonds is 7. The maximum absolute atomic E-state index is 13.7. The van der Waals surface area contributed by atoms with Crippen molar-refractivity contribution in [3.63, 3.8) is 0 Å². The van der Waals surface area contributed by atoms with E-state index in [-0.39, 0.29) is 10.8 Å². The van der Waals surface area contributed by atoms with Gasteiger partial charge in [-0.15, -0.1) is 11.3 Å². The summed E-state index contributed by atoms with van der Waals surface area (Å²) in [5, 5.41) is 5.27. The number of aromatic nitrogens is 3. The number of sulfone groups is 1. The molecule has 0 unspecified atom stereocenters. The van der Waals surface area contributed by atoms with Gasteiger partial charge in [0.25, 0.3) is 5.91 Å². The van der Waals surface area contributed by atoms with Gasteiger partial charge in [-0.2, -0.15) is 5.10 Å². The van der Waals surface area contributed by atoms with E-state index in [0.717, 1.165) is 40.6 Å². The monoisotopic (exact) mass is 617 g/mol. The lowest BCUT2D eigenvalue weighted by Crippen LogP contribution is -2.48. The molecule has 214 valence electrons. The van der Waals surface area contributed by atoms with Gasteiger partial charge in [-0.3, -0.25) is 14.7 Å². The zero-order valence-electron chi connectivity index (χ0n) is 22.9. The average molecular weight is 618 g/mol. The Balaban J connectivity index is 1.28. The first-order valence-corrected chi connectivity index (χ1v) is 16.5. The molecular formula is C31H28ClN5O3S2. The van der Waals surface area contributed by atoms with Crippen LogP contribution in [-0.2, 0) is 16.4 Å². The van der Waals surface area contributed by atoms with E-state index in [1.54, 1.807) is 41.3 Å². The Kier molecular flexibility index (Phi) is 7.96. The van der Waals surface area contributed by atoms with Crippen molar-refractivity contribution in [1.82, 2.24) is 24.6 Å². The number of halogens is 1. The smallest absolute Gasteiger partial charge is 0.274 e. The maximum atomic E-state index is 13.7. The van der Waals surface area contributed by atoms with Gasteiger partial charge in [0, 0.05) is 56.3 Å². The second kappa shape index (κ2) is 11.8. The van der Waals surface area contributed by atoms with Crippen LogP contribution in [0.2, 0.25) is 5.02 Å². The molecule has 0 saturated carbocycles. The van der Waals surface area contributed by atoms with Gasteiger partial charge in [0.05, 0.1) is 26.2 Å². The molecule has 0 N–H and O–H groups in total. The number of para-hydroxylation sites is 1. The van der Waals surface area contributed by atoms with Crippen molar-refractivity contribution in [1.29, 1.82) is 0 Å². The molecule has 1 amide bonds. The molecule has 2 aromatic carbocycles. The summed E-state index contributed by atoms with van der Waals surface area (Å²) in [6.07, 6.45) is 4.80. The van der Waals surface area contributed by atoms with Crippen molar-refractivity contribution >= 4 is 38.7 Å². The number of pyridine rings is 1. The van der Waals surface area contributed by atoms with Crippen LogP contribution in [0.25, 0.3) is 26.7 Å². The molecule has 1 fully saturated rings.